The molecule has 2 atom stereocenters. The van der Waals surface area contributed by atoms with Crippen molar-refractivity contribution in [1.82, 2.24) is 0 Å². The standard InChI is InChI=1S/C74H112NO8P/c1-6-8-10-12-14-16-18-20-22-24-26-28-30-31-32-33-34-35-36-37-38-39-40-41-42-43-45-47-49-51-53-55-57-59-61-63-65-67-74(77)83-72(71-82-84(78,79)81-69-68-75(3,4)5)70-80-73(76)66-64-62-60-58-56-54-52-50-48-46-44-29-27-25-23-21-19-17-15-13-11-9-7-2/h8-11,14-17,20-23,26-29,31-32,34-35,37-38,40-41,43,45-46,48-49,51-52,54-55,57-58,60,72H,6-7,12-13,18-19,24-25,30,33,36,39,42,44,47,50,53,56,59,61-71H2,1-5H3/b10-8-,11-9-,16-14-,17-15-,22-20-,23-21-,28-26-,29-27-,32-31-,35-34-,38-37-,41-40-,45-43-,48-46-,51-49-,54-52-,57-55-,60-58-. The van der Waals surface area contributed by atoms with Crippen LogP contribution < -0.4 is 4.89 Å². The van der Waals surface area contributed by atoms with Gasteiger partial charge in [-0.2, -0.15) is 0 Å². The number of allylic oxidation sites excluding steroid dienone is 36. The topological polar surface area (TPSA) is 111 Å². The number of hydrogen-bond donors (Lipinski definition) is 0. The second kappa shape index (κ2) is 61.9. The third kappa shape index (κ3) is 65.5. The number of phosphoric ester groups is 1. The monoisotopic (exact) mass is 1170 g/mol. The van der Waals surface area contributed by atoms with Gasteiger partial charge < -0.3 is 27.9 Å². The highest BCUT2D eigenvalue weighted by atomic mass is 31.2. The van der Waals surface area contributed by atoms with E-state index in [1.807, 2.05) is 27.2 Å². The van der Waals surface area contributed by atoms with Gasteiger partial charge in [0.25, 0.3) is 7.82 Å². The Bertz CT molecular complexity index is 2210. The minimum atomic E-state index is -4.68. The molecular formula is C74H112NO8P. The highest BCUT2D eigenvalue weighted by molar-refractivity contribution is 7.45. The van der Waals surface area contributed by atoms with Crippen LogP contribution in [0.1, 0.15) is 181 Å². The first-order valence-electron chi connectivity index (χ1n) is 31.4. The Kier molecular flexibility index (Phi) is 57.7. The Labute approximate surface area is 512 Å². The van der Waals surface area contributed by atoms with E-state index < -0.39 is 32.5 Å². The molecule has 0 saturated carbocycles. The molecule has 2 unspecified atom stereocenters. The van der Waals surface area contributed by atoms with Crippen LogP contribution in [0.3, 0.4) is 0 Å². The Hall–Kier alpha value is -5.67. The summed E-state index contributed by atoms with van der Waals surface area (Å²) in [7, 11) is 1.07. The lowest BCUT2D eigenvalue weighted by atomic mass is 10.1. The fourth-order valence-electron chi connectivity index (χ4n) is 7.24. The van der Waals surface area contributed by atoms with E-state index >= 15 is 0 Å². The second-order valence-corrected chi connectivity index (χ2v) is 22.4. The van der Waals surface area contributed by atoms with Crippen LogP contribution in [0.15, 0.2) is 219 Å². The smallest absolute Gasteiger partial charge is 0.306 e. The Morgan fingerprint density at radius 3 is 0.964 bits per heavy atom. The van der Waals surface area contributed by atoms with E-state index in [2.05, 4.69) is 227 Å². The third-order valence-corrected chi connectivity index (χ3v) is 13.0. The van der Waals surface area contributed by atoms with E-state index in [9.17, 15) is 19.0 Å². The quantitative estimate of drug-likeness (QED) is 0.0195. The van der Waals surface area contributed by atoms with E-state index in [0.29, 0.717) is 30.3 Å². The molecule has 0 heterocycles. The van der Waals surface area contributed by atoms with E-state index in [4.69, 9.17) is 18.5 Å². The number of nitrogens with zero attached hydrogens (tertiary/aromatic N) is 1. The van der Waals surface area contributed by atoms with Crippen molar-refractivity contribution in [1.29, 1.82) is 0 Å². The molecule has 0 aromatic carbocycles. The molecule has 0 bridgehead atoms. The van der Waals surface area contributed by atoms with Crippen LogP contribution in [-0.4, -0.2) is 70.0 Å². The van der Waals surface area contributed by atoms with E-state index in [1.54, 1.807) is 0 Å². The van der Waals surface area contributed by atoms with Gasteiger partial charge >= 0.3 is 11.9 Å². The zero-order valence-corrected chi connectivity index (χ0v) is 53.6. The number of esters is 2. The predicted molar refractivity (Wildman–Crippen MR) is 359 cm³/mol. The average Bonchev–Trinajstić information content (AvgIpc) is 3.61. The number of hydrogen-bond acceptors (Lipinski definition) is 8. The zero-order chi connectivity index (χ0) is 61.2. The summed E-state index contributed by atoms with van der Waals surface area (Å²) >= 11 is 0. The minimum Gasteiger partial charge on any atom is -0.756 e. The lowest BCUT2D eigenvalue weighted by Crippen LogP contribution is -2.37. The number of unbranched alkanes of at least 4 members (excludes halogenated alkanes) is 4. The Morgan fingerprint density at radius 1 is 0.369 bits per heavy atom. The summed E-state index contributed by atoms with van der Waals surface area (Å²) in [5.74, 6) is -0.965. The minimum absolute atomic E-state index is 0.0607. The molecule has 0 aliphatic rings. The van der Waals surface area contributed by atoms with E-state index in [1.165, 1.54) is 0 Å². The van der Waals surface area contributed by atoms with Crippen molar-refractivity contribution >= 4 is 19.8 Å². The van der Waals surface area contributed by atoms with Crippen molar-refractivity contribution in [2.45, 2.75) is 187 Å². The fraction of sp³-hybridized carbons (Fsp3) is 0.486. The van der Waals surface area contributed by atoms with Gasteiger partial charge in [-0.15, -0.1) is 0 Å². The fourth-order valence-corrected chi connectivity index (χ4v) is 7.96. The van der Waals surface area contributed by atoms with Crippen molar-refractivity contribution in [3.05, 3.63) is 219 Å². The predicted octanol–water partition coefficient (Wildman–Crippen LogP) is 19.8. The van der Waals surface area contributed by atoms with Crippen LogP contribution in [0.2, 0.25) is 0 Å². The molecule has 0 aromatic heterocycles. The zero-order valence-electron chi connectivity index (χ0n) is 52.7. The maximum Gasteiger partial charge on any atom is 0.306 e. The van der Waals surface area contributed by atoms with Crippen LogP contribution in [0.5, 0.6) is 0 Å². The van der Waals surface area contributed by atoms with Gasteiger partial charge in [0.1, 0.15) is 19.8 Å². The lowest BCUT2D eigenvalue weighted by molar-refractivity contribution is -0.870. The second-order valence-electron chi connectivity index (χ2n) is 20.9. The summed E-state index contributed by atoms with van der Waals surface area (Å²) in [5, 5.41) is 0. The maximum atomic E-state index is 12.8. The van der Waals surface area contributed by atoms with Crippen LogP contribution in [-0.2, 0) is 32.7 Å². The molecule has 84 heavy (non-hydrogen) atoms. The summed E-state index contributed by atoms with van der Waals surface area (Å²) in [6.45, 7) is 3.86. The van der Waals surface area contributed by atoms with E-state index in [-0.39, 0.29) is 26.1 Å². The molecule has 0 N–H and O–H groups in total. The van der Waals surface area contributed by atoms with Crippen LogP contribution in [0, 0.1) is 0 Å². The highest BCUT2D eigenvalue weighted by Crippen LogP contribution is 2.38. The molecular weight excluding hydrogens is 1060 g/mol. The number of carbonyl (C=O) groups is 2. The van der Waals surface area contributed by atoms with Crippen molar-refractivity contribution in [2.75, 3.05) is 47.5 Å². The molecule has 466 valence electrons. The number of likely N-dealkylation sites (N-methyl/N-ethyl adjacent to an activating group) is 1. The molecule has 9 nitrogen and oxygen atoms in total. The van der Waals surface area contributed by atoms with Crippen molar-refractivity contribution < 1.29 is 42.1 Å². The first kappa shape index (κ1) is 78.3. The normalized spacial score (nSPS) is 14.7. The van der Waals surface area contributed by atoms with Gasteiger partial charge in [0.15, 0.2) is 6.10 Å². The number of carbonyl (C=O) groups excluding carboxylic acids is 2. The van der Waals surface area contributed by atoms with Crippen molar-refractivity contribution in [3.63, 3.8) is 0 Å². The Balaban J connectivity index is 4.35. The molecule has 0 aliphatic heterocycles. The molecule has 0 saturated heterocycles. The molecule has 0 fully saturated rings. The number of ether oxygens (including phenoxy) is 2. The average molecular weight is 1170 g/mol. The van der Waals surface area contributed by atoms with Gasteiger partial charge in [-0.25, -0.2) is 0 Å². The van der Waals surface area contributed by atoms with Gasteiger partial charge in [-0.1, -0.05) is 239 Å². The van der Waals surface area contributed by atoms with Gasteiger partial charge in [0.05, 0.1) is 27.7 Å². The summed E-state index contributed by atoms with van der Waals surface area (Å²) in [4.78, 5) is 37.9. The molecule has 0 aliphatic carbocycles. The molecule has 0 amide bonds. The molecule has 0 spiro atoms. The van der Waals surface area contributed by atoms with Crippen molar-refractivity contribution in [2.24, 2.45) is 0 Å². The Morgan fingerprint density at radius 2 is 0.655 bits per heavy atom. The van der Waals surface area contributed by atoms with E-state index in [0.717, 1.165) is 135 Å². The SMILES string of the molecule is CC/C=C\C/C=C\C/C=C\C/C=C\C/C=C\C/C=C\C/C=C\C/C=C\C/C=C\C/C=C\C/C=C\CCCCCC(=O)OC(COC(=O)CCC/C=C\C/C=C\C/C=C\C/C=C\C/C=C\C/C=C\C/C=C\CC)COP(=O)([O-])OCC[N+](C)(C)C. The third-order valence-electron chi connectivity index (χ3n) is 12.0. The van der Waals surface area contributed by atoms with Gasteiger partial charge in [0.2, 0.25) is 0 Å². The largest absolute Gasteiger partial charge is 0.756 e. The number of quaternary nitrogens is 1. The maximum absolute atomic E-state index is 12.8. The summed E-state index contributed by atoms with van der Waals surface area (Å²) in [6, 6.07) is 0. The number of rotatable bonds is 54. The summed E-state index contributed by atoms with van der Waals surface area (Å²) in [5.41, 5.74) is 0. The number of phosphoric acid groups is 1. The van der Waals surface area contributed by atoms with Gasteiger partial charge in [0, 0.05) is 12.8 Å². The van der Waals surface area contributed by atoms with Crippen LogP contribution >= 0.6 is 7.82 Å². The van der Waals surface area contributed by atoms with Gasteiger partial charge in [-0.05, 0) is 148 Å². The van der Waals surface area contributed by atoms with Crippen molar-refractivity contribution in [3.8, 4) is 0 Å². The molecule has 0 aromatic rings. The molecule has 0 radical (unpaired) electrons. The molecule has 10 heteroatoms. The first-order valence-corrected chi connectivity index (χ1v) is 32.9. The van der Waals surface area contributed by atoms with Crippen LogP contribution in [0.4, 0.5) is 0 Å². The van der Waals surface area contributed by atoms with Crippen LogP contribution in [0.25, 0.3) is 0 Å². The summed E-state index contributed by atoms with van der Waals surface area (Å²) < 4.78 is 34.1. The molecule has 0 rings (SSSR count). The highest BCUT2D eigenvalue weighted by Gasteiger charge is 2.21. The first-order chi connectivity index (χ1) is 41.0. The summed E-state index contributed by atoms with van der Waals surface area (Å²) in [6.07, 6.45) is 100. The van der Waals surface area contributed by atoms with Gasteiger partial charge in [-0.3, -0.25) is 14.2 Å². The lowest BCUT2D eigenvalue weighted by Gasteiger charge is -2.28.